The van der Waals surface area contributed by atoms with E-state index in [-0.39, 0.29) is 11.7 Å². The normalized spacial score (nSPS) is 14.5. The Kier molecular flexibility index (Phi) is 3.74. The van der Waals surface area contributed by atoms with Gasteiger partial charge in [-0.05, 0) is 41.1 Å². The first-order chi connectivity index (χ1) is 8.49. The zero-order valence-electron chi connectivity index (χ0n) is 9.47. The number of nitrogens with two attached hydrogens (primary N) is 1. The van der Waals surface area contributed by atoms with Gasteiger partial charge in [0.2, 0.25) is 11.7 Å². The van der Waals surface area contributed by atoms with E-state index in [4.69, 9.17) is 10.3 Å². The molecule has 5 nitrogen and oxygen atoms in total. The Morgan fingerprint density at radius 3 is 2.83 bits per heavy atom. The van der Waals surface area contributed by atoms with Gasteiger partial charge in [0.1, 0.15) is 11.9 Å². The fraction of sp³-hybridized carbons (Fsp3) is 0.273. The van der Waals surface area contributed by atoms with Crippen LogP contribution in [0.25, 0.3) is 11.4 Å². The summed E-state index contributed by atoms with van der Waals surface area (Å²) < 4.78 is 18.4. The molecular formula is C11H11BrFN3O2. The van der Waals surface area contributed by atoms with Crippen molar-refractivity contribution in [1.82, 2.24) is 10.1 Å². The number of aliphatic hydroxyl groups is 1. The predicted molar refractivity (Wildman–Crippen MR) is 66.0 cm³/mol. The first-order valence-electron chi connectivity index (χ1n) is 5.21. The largest absolute Gasteiger partial charge is 0.391 e. The third-order valence-corrected chi connectivity index (χ3v) is 3.03. The summed E-state index contributed by atoms with van der Waals surface area (Å²) in [6, 6.07) is 3.62. The SMILES string of the molecule is C[C@@H](O)[C@H](N)c1nc(-c2ccc(F)c(Br)c2)no1. The average molecular weight is 316 g/mol. The Morgan fingerprint density at radius 1 is 1.50 bits per heavy atom. The van der Waals surface area contributed by atoms with Gasteiger partial charge in [-0.25, -0.2) is 4.39 Å². The average Bonchev–Trinajstić information content (AvgIpc) is 2.81. The number of aliphatic hydroxyl groups excluding tert-OH is 1. The van der Waals surface area contributed by atoms with E-state index in [0.717, 1.165) is 0 Å². The van der Waals surface area contributed by atoms with Gasteiger partial charge in [0.25, 0.3) is 0 Å². The molecule has 2 rings (SSSR count). The van der Waals surface area contributed by atoms with Gasteiger partial charge < -0.3 is 15.4 Å². The van der Waals surface area contributed by atoms with Gasteiger partial charge >= 0.3 is 0 Å². The lowest BCUT2D eigenvalue weighted by Gasteiger charge is -2.08. The molecule has 2 aromatic rings. The minimum absolute atomic E-state index is 0.139. The quantitative estimate of drug-likeness (QED) is 0.905. The summed E-state index contributed by atoms with van der Waals surface area (Å²) in [5.74, 6) is 0.0606. The van der Waals surface area contributed by atoms with Crippen LogP contribution in [0.2, 0.25) is 0 Å². The summed E-state index contributed by atoms with van der Waals surface area (Å²) in [7, 11) is 0. The molecule has 7 heteroatoms. The maximum atomic E-state index is 13.1. The van der Waals surface area contributed by atoms with Gasteiger partial charge in [-0.1, -0.05) is 5.16 Å². The highest BCUT2D eigenvalue weighted by molar-refractivity contribution is 9.10. The molecule has 3 N–H and O–H groups in total. The van der Waals surface area contributed by atoms with Crippen molar-refractivity contribution >= 4 is 15.9 Å². The standard InChI is InChI=1S/C11H11BrFN3O2/c1-5(17)9(14)11-15-10(16-18-11)6-2-3-8(13)7(12)4-6/h2-5,9,17H,14H2,1H3/t5-,9+/m1/s1. The number of hydrogen-bond donors (Lipinski definition) is 2. The number of benzene rings is 1. The molecule has 1 heterocycles. The lowest BCUT2D eigenvalue weighted by molar-refractivity contribution is 0.146. The van der Waals surface area contributed by atoms with Crippen LogP contribution in [0.3, 0.4) is 0 Å². The Bertz CT molecular complexity index is 559. The second-order valence-electron chi connectivity index (χ2n) is 3.85. The van der Waals surface area contributed by atoms with Crippen LogP contribution in [0.15, 0.2) is 27.2 Å². The summed E-state index contributed by atoms with van der Waals surface area (Å²) in [5, 5.41) is 13.1. The fourth-order valence-corrected chi connectivity index (χ4v) is 1.71. The smallest absolute Gasteiger partial charge is 0.246 e. The van der Waals surface area contributed by atoms with Crippen LogP contribution in [0.5, 0.6) is 0 Å². The summed E-state index contributed by atoms with van der Waals surface area (Å²) in [5.41, 5.74) is 6.26. The Labute approximate surface area is 111 Å². The van der Waals surface area contributed by atoms with E-state index in [0.29, 0.717) is 15.9 Å². The molecule has 0 saturated carbocycles. The number of aromatic nitrogens is 2. The third kappa shape index (κ3) is 2.58. The highest BCUT2D eigenvalue weighted by Gasteiger charge is 2.20. The van der Waals surface area contributed by atoms with Crippen molar-refractivity contribution in [2.24, 2.45) is 5.73 Å². The van der Waals surface area contributed by atoms with Crippen molar-refractivity contribution in [1.29, 1.82) is 0 Å². The van der Waals surface area contributed by atoms with E-state index in [9.17, 15) is 9.50 Å². The monoisotopic (exact) mass is 315 g/mol. The molecule has 0 aliphatic carbocycles. The second-order valence-corrected chi connectivity index (χ2v) is 4.71. The third-order valence-electron chi connectivity index (χ3n) is 2.42. The first-order valence-corrected chi connectivity index (χ1v) is 6.01. The summed E-state index contributed by atoms with van der Waals surface area (Å²) in [6.07, 6.45) is -0.793. The molecule has 96 valence electrons. The molecule has 0 unspecified atom stereocenters. The molecule has 1 aromatic carbocycles. The molecule has 0 aliphatic heterocycles. The number of hydrogen-bond acceptors (Lipinski definition) is 5. The van der Waals surface area contributed by atoms with Crippen molar-refractivity contribution in [3.63, 3.8) is 0 Å². The minimum Gasteiger partial charge on any atom is -0.391 e. The minimum atomic E-state index is -0.793. The molecule has 0 saturated heterocycles. The molecule has 1 aromatic heterocycles. The van der Waals surface area contributed by atoms with Crippen LogP contribution in [0, 0.1) is 5.82 Å². The molecular weight excluding hydrogens is 305 g/mol. The lowest BCUT2D eigenvalue weighted by atomic mass is 10.2. The number of rotatable bonds is 3. The molecule has 18 heavy (non-hydrogen) atoms. The summed E-state index contributed by atoms with van der Waals surface area (Å²) in [4.78, 5) is 4.07. The second kappa shape index (κ2) is 5.13. The number of halogens is 2. The van der Waals surface area contributed by atoms with E-state index >= 15 is 0 Å². The topological polar surface area (TPSA) is 85.2 Å². The van der Waals surface area contributed by atoms with E-state index in [1.54, 1.807) is 0 Å². The van der Waals surface area contributed by atoms with E-state index in [2.05, 4.69) is 26.1 Å². The Balaban J connectivity index is 2.32. The van der Waals surface area contributed by atoms with E-state index < -0.39 is 12.1 Å². The van der Waals surface area contributed by atoms with Crippen LogP contribution in [-0.4, -0.2) is 21.4 Å². The molecule has 2 atom stereocenters. The van der Waals surface area contributed by atoms with Gasteiger partial charge in [-0.2, -0.15) is 4.98 Å². The van der Waals surface area contributed by atoms with Crippen molar-refractivity contribution in [3.05, 3.63) is 34.4 Å². The van der Waals surface area contributed by atoms with Crippen LogP contribution in [0.1, 0.15) is 18.9 Å². The summed E-state index contributed by atoms with van der Waals surface area (Å²) in [6.45, 7) is 1.53. The van der Waals surface area contributed by atoms with E-state index in [1.807, 2.05) is 0 Å². The van der Waals surface area contributed by atoms with Gasteiger partial charge in [-0.3, -0.25) is 0 Å². The highest BCUT2D eigenvalue weighted by Crippen LogP contribution is 2.24. The summed E-state index contributed by atoms with van der Waals surface area (Å²) >= 11 is 3.08. The molecule has 0 spiro atoms. The maximum Gasteiger partial charge on any atom is 0.246 e. The van der Waals surface area contributed by atoms with Crippen molar-refractivity contribution in [2.45, 2.75) is 19.1 Å². The van der Waals surface area contributed by atoms with Crippen LogP contribution in [-0.2, 0) is 0 Å². The zero-order chi connectivity index (χ0) is 13.3. The van der Waals surface area contributed by atoms with Gasteiger partial charge in [0.15, 0.2) is 0 Å². The van der Waals surface area contributed by atoms with Crippen LogP contribution in [0.4, 0.5) is 4.39 Å². The molecule has 0 radical (unpaired) electrons. The Hall–Kier alpha value is -1.31. The van der Waals surface area contributed by atoms with Crippen LogP contribution >= 0.6 is 15.9 Å². The number of nitrogens with zero attached hydrogens (tertiary/aromatic N) is 2. The lowest BCUT2D eigenvalue weighted by Crippen LogP contribution is -2.23. The predicted octanol–water partition coefficient (Wildman–Crippen LogP) is 2.02. The molecule has 0 bridgehead atoms. The Morgan fingerprint density at radius 2 is 2.22 bits per heavy atom. The van der Waals surface area contributed by atoms with Crippen LogP contribution < -0.4 is 5.73 Å². The van der Waals surface area contributed by atoms with Crippen molar-refractivity contribution < 1.29 is 14.0 Å². The first kappa shape index (κ1) is 13.1. The van der Waals surface area contributed by atoms with Crippen molar-refractivity contribution in [2.75, 3.05) is 0 Å². The molecule has 0 fully saturated rings. The zero-order valence-corrected chi connectivity index (χ0v) is 11.1. The van der Waals surface area contributed by atoms with Gasteiger partial charge in [0, 0.05) is 5.56 Å². The van der Waals surface area contributed by atoms with Gasteiger partial charge in [0.05, 0.1) is 10.6 Å². The maximum absolute atomic E-state index is 13.1. The van der Waals surface area contributed by atoms with Gasteiger partial charge in [-0.15, -0.1) is 0 Å². The molecule has 0 amide bonds. The van der Waals surface area contributed by atoms with Crippen molar-refractivity contribution in [3.8, 4) is 11.4 Å². The highest BCUT2D eigenvalue weighted by atomic mass is 79.9. The fourth-order valence-electron chi connectivity index (χ4n) is 1.33. The molecule has 0 aliphatic rings. The van der Waals surface area contributed by atoms with E-state index in [1.165, 1.54) is 25.1 Å².